The predicted octanol–water partition coefficient (Wildman–Crippen LogP) is 2.41. The lowest BCUT2D eigenvalue weighted by Gasteiger charge is -2.45. The van der Waals surface area contributed by atoms with Crippen LogP contribution in [0.3, 0.4) is 0 Å². The van der Waals surface area contributed by atoms with Gasteiger partial charge in [-0.05, 0) is 44.8 Å². The van der Waals surface area contributed by atoms with Crippen molar-refractivity contribution in [3.05, 3.63) is 33.9 Å². The van der Waals surface area contributed by atoms with Gasteiger partial charge in [0, 0.05) is 29.9 Å². The molecule has 2 bridgehead atoms. The van der Waals surface area contributed by atoms with Gasteiger partial charge >= 0.3 is 0 Å². The highest BCUT2D eigenvalue weighted by atomic mass is 16.6. The van der Waals surface area contributed by atoms with E-state index in [9.17, 15) is 10.1 Å². The van der Waals surface area contributed by atoms with E-state index in [-0.39, 0.29) is 10.6 Å². The number of hydrogen-bond donors (Lipinski definition) is 1. The first-order valence-corrected chi connectivity index (χ1v) is 6.88. The number of nitrogens with one attached hydrogen (secondary N) is 1. The quantitative estimate of drug-likeness (QED) is 0.670. The molecular weight excluding hydrogens is 242 g/mol. The summed E-state index contributed by atoms with van der Waals surface area (Å²) in [6, 6.07) is 5.70. The van der Waals surface area contributed by atoms with Gasteiger partial charge in [0.1, 0.15) is 0 Å². The van der Waals surface area contributed by atoms with Crippen LogP contribution >= 0.6 is 0 Å². The molecule has 0 aromatic heterocycles. The number of fused-ring (bicyclic) bond motifs is 3. The molecule has 0 radical (unpaired) electrons. The van der Waals surface area contributed by atoms with Gasteiger partial charge in [0.25, 0.3) is 5.69 Å². The standard InChI is InChI=1S/C14H19N3O2/c1-10-12(3-2-4-14(10)17(18)19)15-13-9-16-7-5-11(13)6-8-16/h2-4,11,13,15H,5-9H2,1H3. The monoisotopic (exact) mass is 261 g/mol. The minimum absolute atomic E-state index is 0.200. The number of nitro groups is 1. The first-order valence-electron chi connectivity index (χ1n) is 6.88. The Balaban J connectivity index is 1.80. The summed E-state index contributed by atoms with van der Waals surface area (Å²) in [5, 5.41) is 14.5. The minimum atomic E-state index is -0.308. The molecule has 0 saturated carbocycles. The van der Waals surface area contributed by atoms with Crippen LogP contribution in [0.1, 0.15) is 18.4 Å². The van der Waals surface area contributed by atoms with Crippen LogP contribution in [0.25, 0.3) is 0 Å². The van der Waals surface area contributed by atoms with Crippen LogP contribution in [0.2, 0.25) is 0 Å². The average molecular weight is 261 g/mol. The molecule has 3 saturated heterocycles. The second kappa shape index (κ2) is 4.81. The van der Waals surface area contributed by atoms with Gasteiger partial charge in [-0.2, -0.15) is 0 Å². The van der Waals surface area contributed by atoms with Crippen molar-refractivity contribution in [2.45, 2.75) is 25.8 Å². The predicted molar refractivity (Wildman–Crippen MR) is 74.4 cm³/mol. The molecule has 19 heavy (non-hydrogen) atoms. The van der Waals surface area contributed by atoms with Gasteiger partial charge in [-0.3, -0.25) is 10.1 Å². The van der Waals surface area contributed by atoms with Crippen LogP contribution in [-0.4, -0.2) is 35.5 Å². The number of nitrogens with zero attached hydrogens (tertiary/aromatic N) is 2. The van der Waals surface area contributed by atoms with E-state index in [1.807, 2.05) is 13.0 Å². The van der Waals surface area contributed by atoms with Crippen molar-refractivity contribution >= 4 is 11.4 Å². The molecule has 0 spiro atoms. The van der Waals surface area contributed by atoms with Crippen LogP contribution in [0.15, 0.2) is 18.2 Å². The molecule has 3 aliphatic heterocycles. The molecule has 1 unspecified atom stereocenters. The molecule has 5 nitrogen and oxygen atoms in total. The number of benzene rings is 1. The highest BCUT2D eigenvalue weighted by Crippen LogP contribution is 2.32. The fourth-order valence-electron chi connectivity index (χ4n) is 3.31. The lowest BCUT2D eigenvalue weighted by atomic mass is 9.84. The Morgan fingerprint density at radius 1 is 1.37 bits per heavy atom. The van der Waals surface area contributed by atoms with Crippen LogP contribution < -0.4 is 5.32 Å². The van der Waals surface area contributed by atoms with Crippen LogP contribution in [0, 0.1) is 23.0 Å². The Bertz CT molecular complexity index is 495. The van der Waals surface area contributed by atoms with E-state index < -0.39 is 0 Å². The first-order chi connectivity index (χ1) is 9.15. The van der Waals surface area contributed by atoms with E-state index in [1.165, 1.54) is 25.9 Å². The Hall–Kier alpha value is -1.62. The second-order valence-corrected chi connectivity index (χ2v) is 5.60. The Kier molecular flexibility index (Phi) is 3.14. The normalized spacial score (nSPS) is 29.2. The van der Waals surface area contributed by atoms with Crippen LogP contribution in [-0.2, 0) is 0 Å². The minimum Gasteiger partial charge on any atom is -0.380 e. The fourth-order valence-corrected chi connectivity index (χ4v) is 3.31. The van der Waals surface area contributed by atoms with Crippen molar-refractivity contribution in [1.29, 1.82) is 0 Å². The van der Waals surface area contributed by atoms with Crippen molar-refractivity contribution in [2.24, 2.45) is 5.92 Å². The zero-order chi connectivity index (χ0) is 13.4. The van der Waals surface area contributed by atoms with Crippen LogP contribution in [0.4, 0.5) is 11.4 Å². The van der Waals surface area contributed by atoms with Gasteiger partial charge in [-0.25, -0.2) is 0 Å². The molecule has 3 fully saturated rings. The topological polar surface area (TPSA) is 58.4 Å². The molecule has 4 rings (SSSR count). The molecule has 0 amide bonds. The first kappa shape index (κ1) is 12.4. The van der Waals surface area contributed by atoms with Gasteiger partial charge in [0.2, 0.25) is 0 Å². The second-order valence-electron chi connectivity index (χ2n) is 5.60. The summed E-state index contributed by atoms with van der Waals surface area (Å²) in [5.74, 6) is 0.712. The fraction of sp³-hybridized carbons (Fsp3) is 0.571. The maximum atomic E-state index is 11.0. The largest absolute Gasteiger partial charge is 0.380 e. The maximum absolute atomic E-state index is 11.0. The van der Waals surface area contributed by atoms with Gasteiger partial charge in [0.05, 0.1) is 4.92 Å². The van der Waals surface area contributed by atoms with Gasteiger partial charge in [-0.15, -0.1) is 0 Å². The summed E-state index contributed by atoms with van der Waals surface area (Å²) in [6.45, 7) is 5.29. The maximum Gasteiger partial charge on any atom is 0.274 e. The highest BCUT2D eigenvalue weighted by Gasteiger charge is 2.34. The third kappa shape index (κ3) is 2.30. The van der Waals surface area contributed by atoms with Crippen molar-refractivity contribution in [3.63, 3.8) is 0 Å². The summed E-state index contributed by atoms with van der Waals surface area (Å²) in [7, 11) is 0. The third-order valence-electron chi connectivity index (χ3n) is 4.50. The molecule has 1 N–H and O–H groups in total. The molecular formula is C14H19N3O2. The van der Waals surface area contributed by atoms with E-state index in [0.29, 0.717) is 12.0 Å². The zero-order valence-electron chi connectivity index (χ0n) is 11.1. The average Bonchev–Trinajstić information content (AvgIpc) is 2.42. The van der Waals surface area contributed by atoms with Crippen molar-refractivity contribution in [2.75, 3.05) is 25.0 Å². The number of hydrogen-bond acceptors (Lipinski definition) is 4. The van der Waals surface area contributed by atoms with Gasteiger partial charge in [-0.1, -0.05) is 6.07 Å². The van der Waals surface area contributed by atoms with Gasteiger partial charge < -0.3 is 10.2 Å². The Labute approximate surface area is 112 Å². The number of piperidine rings is 3. The van der Waals surface area contributed by atoms with Crippen molar-refractivity contribution < 1.29 is 4.92 Å². The lowest BCUT2D eigenvalue weighted by molar-refractivity contribution is -0.385. The number of rotatable bonds is 3. The Morgan fingerprint density at radius 3 is 2.68 bits per heavy atom. The summed E-state index contributed by atoms with van der Waals surface area (Å²) >= 11 is 0. The molecule has 1 aromatic carbocycles. The molecule has 3 aliphatic rings. The summed E-state index contributed by atoms with van der Waals surface area (Å²) in [5.41, 5.74) is 1.85. The summed E-state index contributed by atoms with van der Waals surface area (Å²) in [6.07, 6.45) is 2.48. The molecule has 5 heteroatoms. The molecule has 0 aliphatic carbocycles. The van der Waals surface area contributed by atoms with E-state index in [4.69, 9.17) is 0 Å². The van der Waals surface area contributed by atoms with Crippen LogP contribution in [0.5, 0.6) is 0 Å². The summed E-state index contributed by atoms with van der Waals surface area (Å²) < 4.78 is 0. The number of anilines is 1. The molecule has 1 aromatic rings. The SMILES string of the molecule is Cc1c(NC2CN3CCC2CC3)cccc1[N+](=O)[O-]. The van der Waals surface area contributed by atoms with E-state index in [0.717, 1.165) is 17.8 Å². The smallest absolute Gasteiger partial charge is 0.274 e. The lowest BCUT2D eigenvalue weighted by Crippen LogP contribution is -2.53. The third-order valence-corrected chi connectivity index (χ3v) is 4.50. The highest BCUT2D eigenvalue weighted by molar-refractivity contribution is 5.60. The Morgan fingerprint density at radius 2 is 2.11 bits per heavy atom. The van der Waals surface area contributed by atoms with Gasteiger partial charge in [0.15, 0.2) is 0 Å². The molecule has 102 valence electrons. The van der Waals surface area contributed by atoms with E-state index in [2.05, 4.69) is 10.2 Å². The van der Waals surface area contributed by atoms with E-state index in [1.54, 1.807) is 12.1 Å². The number of nitro benzene ring substituents is 1. The summed E-state index contributed by atoms with van der Waals surface area (Å²) in [4.78, 5) is 13.1. The van der Waals surface area contributed by atoms with Crippen molar-refractivity contribution in [3.8, 4) is 0 Å². The zero-order valence-corrected chi connectivity index (χ0v) is 11.1. The molecule has 1 atom stereocenters. The molecule has 3 heterocycles. The van der Waals surface area contributed by atoms with Crippen molar-refractivity contribution in [1.82, 2.24) is 4.90 Å². The van der Waals surface area contributed by atoms with E-state index >= 15 is 0 Å².